The van der Waals surface area contributed by atoms with Gasteiger partial charge in [-0.3, -0.25) is 0 Å². The van der Waals surface area contributed by atoms with Crippen molar-refractivity contribution in [1.29, 1.82) is 0 Å². The van der Waals surface area contributed by atoms with Crippen LogP contribution in [0.4, 0.5) is 11.4 Å². The normalized spacial score (nSPS) is 20.7. The van der Waals surface area contributed by atoms with Crippen LogP contribution in [0.25, 0.3) is 0 Å². The zero-order valence-electron chi connectivity index (χ0n) is 9.21. The van der Waals surface area contributed by atoms with Gasteiger partial charge in [-0.2, -0.15) is 0 Å². The largest absolute Gasteiger partial charge is 0.399 e. The molecular formula is C12H17BrN2O. The number of benzene rings is 1. The second kappa shape index (κ2) is 5.55. The molecular weight excluding hydrogens is 268 g/mol. The van der Waals surface area contributed by atoms with Crippen molar-refractivity contribution in [3.63, 3.8) is 0 Å². The van der Waals surface area contributed by atoms with Gasteiger partial charge in [0.15, 0.2) is 0 Å². The van der Waals surface area contributed by atoms with Gasteiger partial charge < -0.3 is 15.8 Å². The smallest absolute Gasteiger partial charge is 0.0747 e. The fraction of sp³-hybridized carbons (Fsp3) is 0.500. The highest BCUT2D eigenvalue weighted by molar-refractivity contribution is 9.10. The highest BCUT2D eigenvalue weighted by Crippen LogP contribution is 2.25. The first-order chi connectivity index (χ1) is 7.75. The van der Waals surface area contributed by atoms with Crippen LogP contribution in [0, 0.1) is 0 Å². The van der Waals surface area contributed by atoms with Gasteiger partial charge in [0.1, 0.15) is 0 Å². The van der Waals surface area contributed by atoms with Crippen molar-refractivity contribution in [2.45, 2.75) is 25.4 Å². The van der Waals surface area contributed by atoms with Crippen molar-refractivity contribution in [1.82, 2.24) is 0 Å². The SMILES string of the molecule is Nc1ccc(NCC2CCCCO2)c(Br)c1. The molecule has 3 nitrogen and oxygen atoms in total. The summed E-state index contributed by atoms with van der Waals surface area (Å²) in [7, 11) is 0. The van der Waals surface area contributed by atoms with Gasteiger partial charge in [0.25, 0.3) is 0 Å². The average Bonchev–Trinajstić information content (AvgIpc) is 2.29. The Balaban J connectivity index is 1.88. The maximum absolute atomic E-state index is 5.68. The molecule has 88 valence electrons. The predicted octanol–water partition coefficient (Wildman–Crippen LogP) is 3.01. The Morgan fingerprint density at radius 3 is 3.00 bits per heavy atom. The maximum Gasteiger partial charge on any atom is 0.0747 e. The molecule has 0 spiro atoms. The molecule has 16 heavy (non-hydrogen) atoms. The number of nitrogen functional groups attached to an aromatic ring is 1. The van der Waals surface area contributed by atoms with Gasteiger partial charge in [0, 0.05) is 29.0 Å². The standard InChI is InChI=1S/C12H17BrN2O/c13-11-7-9(14)4-5-12(11)15-8-10-3-1-2-6-16-10/h4-5,7,10,15H,1-3,6,8,14H2. The van der Waals surface area contributed by atoms with Crippen molar-refractivity contribution in [2.75, 3.05) is 24.2 Å². The molecule has 1 aromatic rings. The number of nitrogens with two attached hydrogens (primary N) is 1. The van der Waals surface area contributed by atoms with Crippen molar-refractivity contribution in [2.24, 2.45) is 0 Å². The molecule has 1 aliphatic rings. The number of rotatable bonds is 3. The van der Waals surface area contributed by atoms with Crippen LogP contribution in [0.1, 0.15) is 19.3 Å². The molecule has 1 heterocycles. The summed E-state index contributed by atoms with van der Waals surface area (Å²) in [5, 5.41) is 3.38. The van der Waals surface area contributed by atoms with E-state index in [1.54, 1.807) is 0 Å². The van der Waals surface area contributed by atoms with Crippen LogP contribution in [-0.4, -0.2) is 19.3 Å². The minimum Gasteiger partial charge on any atom is -0.399 e. The monoisotopic (exact) mass is 284 g/mol. The second-order valence-corrected chi connectivity index (χ2v) is 4.96. The number of anilines is 2. The molecule has 0 aliphatic carbocycles. The summed E-state index contributed by atoms with van der Waals surface area (Å²) in [5.41, 5.74) is 7.53. The van der Waals surface area contributed by atoms with Crippen LogP contribution in [0.5, 0.6) is 0 Å². The predicted molar refractivity (Wildman–Crippen MR) is 70.6 cm³/mol. The number of hydrogen-bond donors (Lipinski definition) is 2. The molecule has 0 amide bonds. The van der Waals surface area contributed by atoms with Crippen LogP contribution in [0.15, 0.2) is 22.7 Å². The number of halogens is 1. The summed E-state index contributed by atoms with van der Waals surface area (Å²) in [4.78, 5) is 0. The first-order valence-electron chi connectivity index (χ1n) is 5.66. The van der Waals surface area contributed by atoms with Gasteiger partial charge in [-0.25, -0.2) is 0 Å². The fourth-order valence-corrected chi connectivity index (χ4v) is 2.40. The van der Waals surface area contributed by atoms with Gasteiger partial charge in [-0.1, -0.05) is 0 Å². The summed E-state index contributed by atoms with van der Waals surface area (Å²) >= 11 is 3.49. The Bertz CT molecular complexity index is 351. The minimum absolute atomic E-state index is 0.346. The first kappa shape index (κ1) is 11.7. The molecule has 1 fully saturated rings. The molecule has 1 saturated heterocycles. The van der Waals surface area contributed by atoms with Crippen LogP contribution in [-0.2, 0) is 4.74 Å². The van der Waals surface area contributed by atoms with Gasteiger partial charge in [0.2, 0.25) is 0 Å². The molecule has 0 bridgehead atoms. The molecule has 0 saturated carbocycles. The lowest BCUT2D eigenvalue weighted by Gasteiger charge is -2.23. The van der Waals surface area contributed by atoms with E-state index in [-0.39, 0.29) is 0 Å². The Kier molecular flexibility index (Phi) is 4.07. The summed E-state index contributed by atoms with van der Waals surface area (Å²) in [6, 6.07) is 5.79. The summed E-state index contributed by atoms with van der Waals surface area (Å²) in [6.45, 7) is 1.76. The van der Waals surface area contributed by atoms with Crippen molar-refractivity contribution in [3.8, 4) is 0 Å². The van der Waals surface area contributed by atoms with Crippen LogP contribution in [0.3, 0.4) is 0 Å². The first-order valence-corrected chi connectivity index (χ1v) is 6.45. The summed E-state index contributed by atoms with van der Waals surface area (Å²) < 4.78 is 6.66. The number of hydrogen-bond acceptors (Lipinski definition) is 3. The molecule has 0 aromatic heterocycles. The van der Waals surface area contributed by atoms with E-state index in [1.165, 1.54) is 12.8 Å². The highest BCUT2D eigenvalue weighted by atomic mass is 79.9. The lowest BCUT2D eigenvalue weighted by atomic mass is 10.1. The lowest BCUT2D eigenvalue weighted by Crippen LogP contribution is -2.27. The molecule has 0 radical (unpaired) electrons. The molecule has 4 heteroatoms. The van der Waals surface area contributed by atoms with Crippen LogP contribution in [0.2, 0.25) is 0 Å². The van der Waals surface area contributed by atoms with E-state index < -0.39 is 0 Å². The molecule has 1 atom stereocenters. The maximum atomic E-state index is 5.68. The van der Waals surface area contributed by atoms with Crippen molar-refractivity contribution in [3.05, 3.63) is 22.7 Å². The Morgan fingerprint density at radius 1 is 1.44 bits per heavy atom. The van der Waals surface area contributed by atoms with Gasteiger partial charge in [-0.05, 0) is 53.4 Å². The third kappa shape index (κ3) is 3.12. The van der Waals surface area contributed by atoms with Crippen molar-refractivity contribution < 1.29 is 4.74 Å². The third-order valence-corrected chi connectivity index (χ3v) is 3.44. The molecule has 2 rings (SSSR count). The van der Waals surface area contributed by atoms with Gasteiger partial charge in [-0.15, -0.1) is 0 Å². The zero-order valence-corrected chi connectivity index (χ0v) is 10.8. The number of nitrogens with one attached hydrogen (secondary N) is 1. The van der Waals surface area contributed by atoms with Gasteiger partial charge in [0.05, 0.1) is 6.10 Å². The second-order valence-electron chi connectivity index (χ2n) is 4.11. The molecule has 3 N–H and O–H groups in total. The Hall–Kier alpha value is -0.740. The van der Waals surface area contributed by atoms with E-state index in [9.17, 15) is 0 Å². The van der Waals surface area contributed by atoms with E-state index in [0.29, 0.717) is 6.10 Å². The van der Waals surface area contributed by atoms with E-state index in [2.05, 4.69) is 21.2 Å². The van der Waals surface area contributed by atoms with E-state index >= 15 is 0 Å². The summed E-state index contributed by atoms with van der Waals surface area (Å²) in [6.07, 6.45) is 3.97. The van der Waals surface area contributed by atoms with Crippen LogP contribution >= 0.6 is 15.9 Å². The molecule has 1 aromatic carbocycles. The highest BCUT2D eigenvalue weighted by Gasteiger charge is 2.13. The molecule has 1 aliphatic heterocycles. The quantitative estimate of drug-likeness (QED) is 0.839. The van der Waals surface area contributed by atoms with E-state index in [1.807, 2.05) is 18.2 Å². The number of ether oxygens (including phenoxy) is 1. The molecule has 1 unspecified atom stereocenters. The zero-order chi connectivity index (χ0) is 11.4. The fourth-order valence-electron chi connectivity index (χ4n) is 1.87. The minimum atomic E-state index is 0.346. The van der Waals surface area contributed by atoms with Crippen LogP contribution < -0.4 is 11.1 Å². The van der Waals surface area contributed by atoms with Gasteiger partial charge >= 0.3 is 0 Å². The topological polar surface area (TPSA) is 47.3 Å². The van der Waals surface area contributed by atoms with E-state index in [4.69, 9.17) is 10.5 Å². The lowest BCUT2D eigenvalue weighted by molar-refractivity contribution is 0.0247. The Labute approximate surface area is 104 Å². The average molecular weight is 285 g/mol. The van der Waals surface area contributed by atoms with Crippen molar-refractivity contribution >= 4 is 27.3 Å². The Morgan fingerprint density at radius 2 is 2.31 bits per heavy atom. The third-order valence-electron chi connectivity index (χ3n) is 2.79. The summed E-state index contributed by atoms with van der Waals surface area (Å²) in [5.74, 6) is 0. The van der Waals surface area contributed by atoms with E-state index in [0.717, 1.165) is 35.4 Å².